The Labute approximate surface area is 108 Å². The minimum Gasteiger partial charge on any atom is -0.394 e. The summed E-state index contributed by atoms with van der Waals surface area (Å²) in [6.07, 6.45) is 2.17. The van der Waals surface area contributed by atoms with Crippen molar-refractivity contribution in [2.75, 3.05) is 12.3 Å². The summed E-state index contributed by atoms with van der Waals surface area (Å²) in [5.74, 6) is 5.78. The van der Waals surface area contributed by atoms with Gasteiger partial charge in [-0.3, -0.25) is 0 Å². The van der Waals surface area contributed by atoms with Crippen LogP contribution in [0, 0.1) is 11.8 Å². The largest absolute Gasteiger partial charge is 0.394 e. The first-order chi connectivity index (χ1) is 8.15. The number of nitrogens with zero attached hydrogens (tertiary/aromatic N) is 3. The van der Waals surface area contributed by atoms with Crippen LogP contribution in [-0.4, -0.2) is 21.1 Å². The molecule has 5 nitrogen and oxygen atoms in total. The van der Waals surface area contributed by atoms with Gasteiger partial charge in [0, 0.05) is 13.0 Å². The maximum atomic E-state index is 5.87. The van der Waals surface area contributed by atoms with Gasteiger partial charge in [-0.25, -0.2) is 9.50 Å². The molecule has 0 aromatic carbocycles. The summed E-state index contributed by atoms with van der Waals surface area (Å²) in [4.78, 5) is 4.10. The zero-order valence-corrected chi connectivity index (χ0v) is 10.3. The number of hydrogen-bond acceptors (Lipinski definition) is 4. The lowest BCUT2D eigenvalue weighted by Gasteiger charge is -2.02. The van der Waals surface area contributed by atoms with Crippen LogP contribution in [0.5, 0.6) is 0 Å². The maximum absolute atomic E-state index is 5.87. The zero-order valence-electron chi connectivity index (χ0n) is 8.74. The van der Waals surface area contributed by atoms with E-state index >= 15 is 0 Å². The second-order valence-electron chi connectivity index (χ2n) is 3.24. The molecular weight excluding hydrogens is 261 g/mol. The van der Waals surface area contributed by atoms with E-state index in [2.05, 4.69) is 21.9 Å². The van der Waals surface area contributed by atoms with Crippen molar-refractivity contribution >= 4 is 34.5 Å². The normalized spacial score (nSPS) is 10.3. The lowest BCUT2D eigenvalue weighted by Crippen LogP contribution is -2.01. The van der Waals surface area contributed by atoms with Crippen LogP contribution in [-0.2, 0) is 0 Å². The third-order valence-corrected chi connectivity index (χ3v) is 2.81. The average Bonchev–Trinajstić information content (AvgIpc) is 2.70. The van der Waals surface area contributed by atoms with E-state index in [-0.39, 0.29) is 10.2 Å². The quantitative estimate of drug-likeness (QED) is 0.765. The predicted octanol–water partition coefficient (Wildman–Crippen LogP) is 1.32. The van der Waals surface area contributed by atoms with E-state index in [0.717, 1.165) is 0 Å². The summed E-state index contributed by atoms with van der Waals surface area (Å²) in [6, 6.07) is 0. The molecule has 17 heavy (non-hydrogen) atoms. The van der Waals surface area contributed by atoms with E-state index in [1.165, 1.54) is 4.52 Å². The Morgan fingerprint density at radius 1 is 1.41 bits per heavy atom. The molecule has 2 heterocycles. The molecule has 0 unspecified atom stereocenters. The van der Waals surface area contributed by atoms with Gasteiger partial charge in [-0.2, -0.15) is 5.10 Å². The maximum Gasteiger partial charge on any atom is 0.179 e. The van der Waals surface area contributed by atoms with Crippen molar-refractivity contribution in [1.29, 1.82) is 0 Å². The molecule has 0 atom stereocenters. The predicted molar refractivity (Wildman–Crippen MR) is 68.0 cm³/mol. The van der Waals surface area contributed by atoms with Crippen LogP contribution in [0.15, 0.2) is 6.20 Å². The van der Waals surface area contributed by atoms with Crippen molar-refractivity contribution in [2.45, 2.75) is 6.42 Å². The fraction of sp³-hybridized carbons (Fsp3) is 0.200. The van der Waals surface area contributed by atoms with Gasteiger partial charge in [0.25, 0.3) is 0 Å². The third-order valence-electron chi connectivity index (χ3n) is 2.07. The monoisotopic (exact) mass is 269 g/mol. The Kier molecular flexibility index (Phi) is 3.38. The van der Waals surface area contributed by atoms with Crippen molar-refractivity contribution in [3.05, 3.63) is 22.1 Å². The van der Waals surface area contributed by atoms with Crippen LogP contribution < -0.4 is 11.5 Å². The van der Waals surface area contributed by atoms with Crippen LogP contribution >= 0.6 is 23.2 Å². The van der Waals surface area contributed by atoms with Gasteiger partial charge in [-0.15, -0.1) is 0 Å². The van der Waals surface area contributed by atoms with Gasteiger partial charge < -0.3 is 11.5 Å². The summed E-state index contributed by atoms with van der Waals surface area (Å²) in [5, 5.41) is 4.37. The topological polar surface area (TPSA) is 82.2 Å². The van der Waals surface area contributed by atoms with Crippen LogP contribution in [0.1, 0.15) is 12.1 Å². The molecule has 0 bridgehead atoms. The second kappa shape index (κ2) is 4.80. The summed E-state index contributed by atoms with van der Waals surface area (Å²) in [5.41, 5.74) is 12.5. The highest BCUT2D eigenvalue weighted by molar-refractivity contribution is 6.43. The molecule has 88 valence electrons. The minimum absolute atomic E-state index is 0.122. The van der Waals surface area contributed by atoms with Crippen molar-refractivity contribution < 1.29 is 0 Å². The molecule has 2 aromatic heterocycles. The molecule has 0 spiro atoms. The van der Waals surface area contributed by atoms with Crippen molar-refractivity contribution in [1.82, 2.24) is 14.6 Å². The van der Waals surface area contributed by atoms with Gasteiger partial charge >= 0.3 is 0 Å². The van der Waals surface area contributed by atoms with Crippen molar-refractivity contribution in [3.8, 4) is 11.8 Å². The van der Waals surface area contributed by atoms with Crippen LogP contribution in [0.4, 0.5) is 5.69 Å². The lowest BCUT2D eigenvalue weighted by atomic mass is 10.4. The summed E-state index contributed by atoms with van der Waals surface area (Å²) < 4.78 is 1.47. The molecule has 2 aromatic rings. The molecule has 0 amide bonds. The molecule has 0 aliphatic heterocycles. The Bertz CT molecular complexity index is 623. The number of anilines is 1. The number of aromatic nitrogens is 3. The van der Waals surface area contributed by atoms with Gasteiger partial charge in [0.15, 0.2) is 10.8 Å². The van der Waals surface area contributed by atoms with Crippen LogP contribution in [0.2, 0.25) is 10.2 Å². The number of rotatable bonds is 1. The van der Waals surface area contributed by atoms with Gasteiger partial charge in [0.05, 0.1) is 11.9 Å². The van der Waals surface area contributed by atoms with Crippen LogP contribution in [0.25, 0.3) is 5.65 Å². The molecule has 7 heteroatoms. The highest BCUT2D eigenvalue weighted by Gasteiger charge is 2.12. The Balaban J connectivity index is 2.59. The fourth-order valence-corrected chi connectivity index (χ4v) is 1.58. The fourth-order valence-electron chi connectivity index (χ4n) is 1.28. The number of fused-ring (bicyclic) bond motifs is 1. The first-order valence-corrected chi connectivity index (χ1v) is 5.58. The molecular formula is C10H9Cl2N5. The Morgan fingerprint density at radius 2 is 2.18 bits per heavy atom. The first-order valence-electron chi connectivity index (χ1n) is 4.82. The standard InChI is InChI=1S/C10H9Cl2N5/c11-7-8(14)10-15-5-6(3-1-2-4-13)17(10)16-9(7)12/h5H,2,4,13-14H2. The molecule has 0 saturated heterocycles. The highest BCUT2D eigenvalue weighted by atomic mass is 35.5. The molecule has 2 rings (SSSR count). The summed E-state index contributed by atoms with van der Waals surface area (Å²) in [6.45, 7) is 0.506. The molecule has 0 fully saturated rings. The van der Waals surface area contributed by atoms with Gasteiger partial charge in [-0.1, -0.05) is 29.1 Å². The van der Waals surface area contributed by atoms with Gasteiger partial charge in [0.2, 0.25) is 0 Å². The average molecular weight is 270 g/mol. The zero-order chi connectivity index (χ0) is 12.4. The molecule has 0 saturated carbocycles. The van der Waals surface area contributed by atoms with Crippen molar-refractivity contribution in [2.24, 2.45) is 5.73 Å². The van der Waals surface area contributed by atoms with Gasteiger partial charge in [-0.05, 0) is 5.92 Å². The van der Waals surface area contributed by atoms with E-state index in [1.54, 1.807) is 6.20 Å². The number of imidazole rings is 1. The highest BCUT2D eigenvalue weighted by Crippen LogP contribution is 2.28. The Hall–Kier alpha value is -1.48. The molecule has 0 aliphatic carbocycles. The SMILES string of the molecule is NCCC#Cc1cnc2c(N)c(Cl)c(Cl)nn12. The van der Waals surface area contributed by atoms with Crippen LogP contribution in [0.3, 0.4) is 0 Å². The van der Waals surface area contributed by atoms with Crippen molar-refractivity contribution in [3.63, 3.8) is 0 Å². The van der Waals surface area contributed by atoms with Gasteiger partial charge in [0.1, 0.15) is 10.7 Å². The van der Waals surface area contributed by atoms with E-state index < -0.39 is 0 Å². The number of halogens is 2. The smallest absolute Gasteiger partial charge is 0.179 e. The second-order valence-corrected chi connectivity index (χ2v) is 3.97. The molecule has 0 aliphatic rings. The van der Waals surface area contributed by atoms with E-state index in [1.807, 2.05) is 0 Å². The number of nitrogens with two attached hydrogens (primary N) is 2. The first kappa shape index (κ1) is 12.0. The minimum atomic E-state index is 0.122. The summed E-state index contributed by atoms with van der Waals surface area (Å²) >= 11 is 11.7. The van der Waals surface area contributed by atoms with E-state index in [0.29, 0.717) is 30.0 Å². The number of nitrogen functional groups attached to an aromatic ring is 1. The third kappa shape index (κ3) is 2.15. The summed E-state index contributed by atoms with van der Waals surface area (Å²) in [7, 11) is 0. The molecule has 4 N–H and O–H groups in total. The van der Waals surface area contributed by atoms with E-state index in [4.69, 9.17) is 34.7 Å². The van der Waals surface area contributed by atoms with E-state index in [9.17, 15) is 0 Å². The lowest BCUT2D eigenvalue weighted by molar-refractivity contribution is 0.925. The molecule has 0 radical (unpaired) electrons. The number of hydrogen-bond donors (Lipinski definition) is 2. The Morgan fingerprint density at radius 3 is 2.88 bits per heavy atom.